The predicted molar refractivity (Wildman–Crippen MR) is 170 cm³/mol. The number of anilines is 1. The lowest BCUT2D eigenvalue weighted by molar-refractivity contribution is -0.139. The summed E-state index contributed by atoms with van der Waals surface area (Å²) >= 11 is 0. The molecule has 1 aliphatic heterocycles. The zero-order valence-electron chi connectivity index (χ0n) is 27.2. The van der Waals surface area contributed by atoms with E-state index in [0.717, 1.165) is 13.0 Å². The van der Waals surface area contributed by atoms with E-state index in [1.54, 1.807) is 37.0 Å². The van der Waals surface area contributed by atoms with Crippen LogP contribution in [0.3, 0.4) is 0 Å². The van der Waals surface area contributed by atoms with E-state index in [1.807, 2.05) is 20.9 Å². The molecule has 1 aromatic heterocycles. The number of aryl methyl sites for hydroxylation is 1. The third kappa shape index (κ3) is 10.3. The molecule has 3 aliphatic rings. The Labute approximate surface area is 269 Å². The molecule has 0 bridgehead atoms. The molecule has 2 saturated carbocycles. The first-order valence-corrected chi connectivity index (χ1v) is 16.3. The highest BCUT2D eigenvalue weighted by Crippen LogP contribution is 2.43. The lowest BCUT2D eigenvalue weighted by Gasteiger charge is -2.39. The average Bonchev–Trinajstić information content (AvgIpc) is 3.97. The number of carbonyl (C=O) groups excluding carboxylic acids is 4. The third-order valence-electron chi connectivity index (χ3n) is 8.71. The van der Waals surface area contributed by atoms with Gasteiger partial charge in [0, 0.05) is 44.8 Å². The lowest BCUT2D eigenvalue weighted by Crippen LogP contribution is -2.58. The minimum absolute atomic E-state index is 0.0652. The monoisotopic (exact) mass is 643 g/mol. The predicted octanol–water partition coefficient (Wildman–Crippen LogP) is 3.15. The number of rotatable bonds is 12. The first kappa shape index (κ1) is 35.0. The minimum Gasteiger partial charge on any atom is -0.342 e. The molecule has 46 heavy (non-hydrogen) atoms. The largest absolute Gasteiger partial charge is 0.342 e. The number of alkyl halides is 1. The van der Waals surface area contributed by atoms with Crippen molar-refractivity contribution in [3.63, 3.8) is 0 Å². The molecular formula is C33H47F2N7O4. The number of aromatic nitrogens is 2. The lowest BCUT2D eigenvalue weighted by atomic mass is 10.0. The summed E-state index contributed by atoms with van der Waals surface area (Å²) in [5.41, 5.74) is 0.554. The van der Waals surface area contributed by atoms with Gasteiger partial charge in [-0.25, -0.2) is 8.78 Å². The van der Waals surface area contributed by atoms with Crippen LogP contribution < -0.4 is 16.0 Å². The van der Waals surface area contributed by atoms with Crippen LogP contribution in [0.1, 0.15) is 68.9 Å². The van der Waals surface area contributed by atoms with Crippen LogP contribution in [0.15, 0.2) is 30.5 Å². The van der Waals surface area contributed by atoms with Gasteiger partial charge in [0.05, 0.1) is 12.2 Å². The summed E-state index contributed by atoms with van der Waals surface area (Å²) in [7, 11) is 1.95. The normalized spacial score (nSPS) is 19.3. The van der Waals surface area contributed by atoms with E-state index >= 15 is 0 Å². The Bertz CT molecular complexity index is 1370. The second-order valence-corrected chi connectivity index (χ2v) is 12.7. The summed E-state index contributed by atoms with van der Waals surface area (Å²) < 4.78 is 29.9. The number of benzene rings is 1. The summed E-state index contributed by atoms with van der Waals surface area (Å²) in [6.45, 7) is 6.52. The van der Waals surface area contributed by atoms with Crippen LogP contribution in [0.2, 0.25) is 0 Å². The van der Waals surface area contributed by atoms with Crippen molar-refractivity contribution < 1.29 is 28.0 Å². The van der Waals surface area contributed by atoms with Crippen molar-refractivity contribution in [3.8, 4) is 0 Å². The molecule has 11 nitrogen and oxygen atoms in total. The van der Waals surface area contributed by atoms with Gasteiger partial charge in [0.15, 0.2) is 6.17 Å². The molecule has 2 aliphatic carbocycles. The van der Waals surface area contributed by atoms with Crippen LogP contribution in [0.4, 0.5) is 14.5 Å². The molecule has 0 radical (unpaired) electrons. The van der Waals surface area contributed by atoms with Crippen molar-refractivity contribution in [2.24, 2.45) is 11.8 Å². The molecule has 3 unspecified atom stereocenters. The standard InChI is InChI=1S/C26H35F2N7O4.C7H12/c1-5-35-22(8-9-30-35)25(38)29-14-23(36)31-20-7-6-18(12-19(20)28)13-21(32-24(37)17(3)27)26(39)34-11-10-33(4)16(2)15-34;1-2-6(1)5-7-3-4-7/h6-9,12,16-17,21H,5,10-11,13-15H2,1-4H3,(H,29,38)(H,31,36)(H,32,37);6-7H,1-5H2. The number of likely N-dealkylation sites (N-methyl/N-ethyl adjacent to an activating group) is 1. The molecule has 1 aromatic carbocycles. The Hall–Kier alpha value is -3.87. The smallest absolute Gasteiger partial charge is 0.269 e. The van der Waals surface area contributed by atoms with Crippen LogP contribution >= 0.6 is 0 Å². The second-order valence-electron chi connectivity index (χ2n) is 12.7. The first-order valence-electron chi connectivity index (χ1n) is 16.3. The number of hydrogen-bond donors (Lipinski definition) is 3. The fourth-order valence-corrected chi connectivity index (χ4v) is 5.38. The average molecular weight is 644 g/mol. The maximum atomic E-state index is 14.9. The molecule has 13 heteroatoms. The summed E-state index contributed by atoms with van der Waals surface area (Å²) in [5, 5.41) is 11.3. The van der Waals surface area contributed by atoms with E-state index in [9.17, 15) is 28.0 Å². The molecule has 2 heterocycles. The molecule has 252 valence electrons. The van der Waals surface area contributed by atoms with Gasteiger partial charge in [-0.2, -0.15) is 5.10 Å². The fourth-order valence-electron chi connectivity index (χ4n) is 5.38. The zero-order valence-corrected chi connectivity index (χ0v) is 27.2. The SMILES string of the molecule is C1CC1CC1CC1.CCn1nccc1C(=O)NCC(=O)Nc1ccc(CC(NC(=O)C(C)F)C(=O)N2CCN(C)C(C)C2)cc1F. The van der Waals surface area contributed by atoms with E-state index in [-0.39, 0.29) is 30.6 Å². The zero-order chi connectivity index (χ0) is 33.4. The van der Waals surface area contributed by atoms with Crippen molar-refractivity contribution in [1.82, 2.24) is 30.2 Å². The van der Waals surface area contributed by atoms with E-state index in [4.69, 9.17) is 0 Å². The molecule has 5 rings (SSSR count). The number of nitrogens with zero attached hydrogens (tertiary/aromatic N) is 4. The molecule has 4 amide bonds. The van der Waals surface area contributed by atoms with Crippen molar-refractivity contribution >= 4 is 29.3 Å². The van der Waals surface area contributed by atoms with Gasteiger partial charge in [-0.3, -0.25) is 23.9 Å². The second kappa shape index (κ2) is 16.1. The highest BCUT2D eigenvalue weighted by atomic mass is 19.1. The number of halogens is 2. The van der Waals surface area contributed by atoms with Crippen LogP contribution in [-0.4, -0.2) is 94.7 Å². The number of piperazine rings is 1. The van der Waals surface area contributed by atoms with Gasteiger partial charge >= 0.3 is 0 Å². The summed E-state index contributed by atoms with van der Waals surface area (Å²) in [6.07, 6.45) is 7.39. The number of amides is 4. The Kier molecular flexibility index (Phi) is 12.3. The topological polar surface area (TPSA) is 129 Å². The number of nitrogens with one attached hydrogen (secondary N) is 3. The van der Waals surface area contributed by atoms with Crippen LogP contribution in [0.5, 0.6) is 0 Å². The molecule has 3 atom stereocenters. The highest BCUT2D eigenvalue weighted by Gasteiger charge is 2.32. The van der Waals surface area contributed by atoms with E-state index in [0.29, 0.717) is 37.4 Å². The molecule has 3 fully saturated rings. The molecule has 1 saturated heterocycles. The van der Waals surface area contributed by atoms with Crippen LogP contribution in [-0.2, 0) is 27.3 Å². The van der Waals surface area contributed by atoms with E-state index < -0.39 is 35.8 Å². The fraction of sp³-hybridized carbons (Fsp3) is 0.606. The van der Waals surface area contributed by atoms with Crippen molar-refractivity contribution in [3.05, 3.63) is 47.5 Å². The quantitative estimate of drug-likeness (QED) is 0.326. The Morgan fingerprint density at radius 1 is 1.07 bits per heavy atom. The van der Waals surface area contributed by atoms with Gasteiger partial charge < -0.3 is 25.8 Å². The number of hydrogen-bond acceptors (Lipinski definition) is 6. The van der Waals surface area contributed by atoms with E-state index in [1.165, 1.54) is 40.9 Å². The summed E-state index contributed by atoms with van der Waals surface area (Å²) in [5.74, 6) is -0.818. The van der Waals surface area contributed by atoms with Crippen molar-refractivity contribution in [2.45, 2.75) is 84.1 Å². The molecule has 2 aromatic rings. The van der Waals surface area contributed by atoms with Gasteiger partial charge in [0.1, 0.15) is 17.6 Å². The maximum Gasteiger partial charge on any atom is 0.269 e. The third-order valence-corrected chi connectivity index (χ3v) is 8.71. The van der Waals surface area contributed by atoms with E-state index in [2.05, 4.69) is 25.9 Å². The number of carbonyl (C=O) groups is 4. The van der Waals surface area contributed by atoms with Crippen LogP contribution in [0.25, 0.3) is 0 Å². The van der Waals surface area contributed by atoms with Crippen molar-refractivity contribution in [1.29, 1.82) is 0 Å². The van der Waals surface area contributed by atoms with Crippen LogP contribution in [0, 0.1) is 17.7 Å². The molecule has 3 N–H and O–H groups in total. The minimum atomic E-state index is -1.82. The Morgan fingerprint density at radius 2 is 1.76 bits per heavy atom. The van der Waals surface area contributed by atoms with Gasteiger partial charge in [-0.05, 0) is 69.8 Å². The van der Waals surface area contributed by atoms with Gasteiger partial charge in [-0.15, -0.1) is 0 Å². The maximum absolute atomic E-state index is 14.9. The van der Waals surface area contributed by atoms with Gasteiger partial charge in [0.2, 0.25) is 11.8 Å². The summed E-state index contributed by atoms with van der Waals surface area (Å²) in [4.78, 5) is 53.6. The Balaban J connectivity index is 0.000000594. The first-order chi connectivity index (χ1) is 21.9. The van der Waals surface area contributed by atoms with Gasteiger partial charge in [-0.1, -0.05) is 31.7 Å². The van der Waals surface area contributed by atoms with Gasteiger partial charge in [0.25, 0.3) is 11.8 Å². The van der Waals surface area contributed by atoms with Crippen molar-refractivity contribution in [2.75, 3.05) is 38.5 Å². The molecule has 0 spiro atoms. The highest BCUT2D eigenvalue weighted by molar-refractivity contribution is 5.98. The Morgan fingerprint density at radius 3 is 2.35 bits per heavy atom. The summed E-state index contributed by atoms with van der Waals surface area (Å²) in [6, 6.07) is 4.53. The molecular weight excluding hydrogens is 596 g/mol.